The molecular weight excluding hydrogens is 316 g/mol. The first-order valence-corrected chi connectivity index (χ1v) is 8.99. The van der Waals surface area contributed by atoms with Crippen LogP contribution in [0.5, 0.6) is 0 Å². The molecule has 1 amide bonds. The van der Waals surface area contributed by atoms with Crippen LogP contribution in [0.15, 0.2) is 42.7 Å². The van der Waals surface area contributed by atoms with E-state index in [0.717, 1.165) is 0 Å². The fraction of sp³-hybridized carbons (Fsp3) is 0.267. The maximum absolute atomic E-state index is 12.3. The summed E-state index contributed by atoms with van der Waals surface area (Å²) < 4.78 is 22.9. The van der Waals surface area contributed by atoms with Crippen molar-refractivity contribution >= 4 is 27.4 Å². The minimum Gasteiger partial charge on any atom is -0.348 e. The molecule has 8 heteroatoms. The number of sulfone groups is 1. The van der Waals surface area contributed by atoms with Crippen molar-refractivity contribution in [2.24, 2.45) is 0 Å². The normalized spacial score (nSPS) is 19.2. The zero-order chi connectivity index (χ0) is 16.3. The first-order chi connectivity index (χ1) is 11.0. The lowest BCUT2D eigenvalue weighted by Crippen LogP contribution is -2.35. The van der Waals surface area contributed by atoms with E-state index in [4.69, 9.17) is 0 Å². The highest BCUT2D eigenvalue weighted by molar-refractivity contribution is 7.91. The van der Waals surface area contributed by atoms with Crippen molar-refractivity contribution in [2.75, 3.05) is 16.8 Å². The molecule has 1 atom stereocenters. The van der Waals surface area contributed by atoms with E-state index < -0.39 is 9.84 Å². The van der Waals surface area contributed by atoms with E-state index in [2.05, 4.69) is 20.6 Å². The van der Waals surface area contributed by atoms with Crippen molar-refractivity contribution in [3.05, 3.63) is 48.3 Å². The minimum absolute atomic E-state index is 0.00847. The van der Waals surface area contributed by atoms with Gasteiger partial charge in [-0.2, -0.15) is 0 Å². The first kappa shape index (κ1) is 15.4. The van der Waals surface area contributed by atoms with E-state index in [1.807, 2.05) is 0 Å². The number of aromatic nitrogens is 2. The number of amides is 1. The highest BCUT2D eigenvalue weighted by Crippen LogP contribution is 2.16. The predicted octanol–water partition coefficient (Wildman–Crippen LogP) is 1.14. The Morgan fingerprint density at radius 2 is 1.96 bits per heavy atom. The fourth-order valence-corrected chi connectivity index (χ4v) is 4.08. The van der Waals surface area contributed by atoms with Crippen molar-refractivity contribution in [3.63, 3.8) is 0 Å². The van der Waals surface area contributed by atoms with Gasteiger partial charge in [-0.1, -0.05) is 6.07 Å². The molecule has 7 nitrogen and oxygen atoms in total. The summed E-state index contributed by atoms with van der Waals surface area (Å²) in [5, 5.41) is 5.77. The van der Waals surface area contributed by atoms with Crippen LogP contribution in [0.4, 0.5) is 11.6 Å². The lowest BCUT2D eigenvalue weighted by molar-refractivity contribution is 0.0941. The number of anilines is 2. The van der Waals surface area contributed by atoms with Crippen LogP contribution >= 0.6 is 0 Å². The number of benzene rings is 1. The molecule has 2 heterocycles. The van der Waals surface area contributed by atoms with Gasteiger partial charge in [-0.15, -0.1) is 0 Å². The molecule has 0 aliphatic carbocycles. The van der Waals surface area contributed by atoms with Gasteiger partial charge in [0.15, 0.2) is 9.84 Å². The number of nitrogens with one attached hydrogen (secondary N) is 2. The molecule has 2 N–H and O–H groups in total. The third-order valence-electron chi connectivity index (χ3n) is 3.51. The van der Waals surface area contributed by atoms with Crippen molar-refractivity contribution in [2.45, 2.75) is 12.5 Å². The molecule has 0 spiro atoms. The molecule has 1 aromatic heterocycles. The minimum atomic E-state index is -3.02. The zero-order valence-corrected chi connectivity index (χ0v) is 13.1. The van der Waals surface area contributed by atoms with E-state index in [1.165, 1.54) is 0 Å². The largest absolute Gasteiger partial charge is 0.348 e. The Kier molecular flexibility index (Phi) is 4.24. The van der Waals surface area contributed by atoms with Gasteiger partial charge >= 0.3 is 0 Å². The number of nitrogens with zero attached hydrogens (tertiary/aromatic N) is 2. The monoisotopic (exact) mass is 332 g/mol. The highest BCUT2D eigenvalue weighted by atomic mass is 32.2. The van der Waals surface area contributed by atoms with Crippen molar-refractivity contribution in [3.8, 4) is 0 Å². The Hall–Kier alpha value is -2.48. The molecule has 2 aromatic rings. The lowest BCUT2D eigenvalue weighted by Gasteiger charge is -2.12. The summed E-state index contributed by atoms with van der Waals surface area (Å²) in [5.41, 5.74) is 1.14. The maximum atomic E-state index is 12.3. The van der Waals surface area contributed by atoms with Gasteiger partial charge in [0.2, 0.25) is 5.95 Å². The molecule has 0 radical (unpaired) electrons. The number of hydrogen-bond donors (Lipinski definition) is 2. The van der Waals surface area contributed by atoms with Gasteiger partial charge in [-0.05, 0) is 30.7 Å². The second kappa shape index (κ2) is 6.33. The van der Waals surface area contributed by atoms with Crippen molar-refractivity contribution < 1.29 is 13.2 Å². The lowest BCUT2D eigenvalue weighted by atomic mass is 10.1. The third kappa shape index (κ3) is 4.04. The zero-order valence-electron chi connectivity index (χ0n) is 12.3. The SMILES string of the molecule is O=C(N[C@@H]1CCS(=O)(=O)C1)c1cccc(Nc2ncccn2)c1. The van der Waals surface area contributed by atoms with Gasteiger partial charge in [0.25, 0.3) is 5.91 Å². The molecule has 120 valence electrons. The molecule has 1 saturated heterocycles. The highest BCUT2D eigenvalue weighted by Gasteiger charge is 2.29. The van der Waals surface area contributed by atoms with Crippen LogP contribution in [0.1, 0.15) is 16.8 Å². The van der Waals surface area contributed by atoms with Gasteiger partial charge in [0.1, 0.15) is 0 Å². The summed E-state index contributed by atoms with van der Waals surface area (Å²) in [6.07, 6.45) is 3.70. The van der Waals surface area contributed by atoms with E-state index in [-0.39, 0.29) is 23.5 Å². The summed E-state index contributed by atoms with van der Waals surface area (Å²) >= 11 is 0. The van der Waals surface area contributed by atoms with Crippen LogP contribution in [-0.4, -0.2) is 41.8 Å². The average Bonchev–Trinajstić information content (AvgIpc) is 2.87. The number of hydrogen-bond acceptors (Lipinski definition) is 6. The molecular formula is C15H16N4O3S. The summed E-state index contributed by atoms with van der Waals surface area (Å²) in [6, 6.07) is 8.29. The second-order valence-electron chi connectivity index (χ2n) is 5.35. The second-order valence-corrected chi connectivity index (χ2v) is 7.58. The molecule has 0 saturated carbocycles. The van der Waals surface area contributed by atoms with Crippen LogP contribution in [0.3, 0.4) is 0 Å². The fourth-order valence-electron chi connectivity index (χ4n) is 2.41. The quantitative estimate of drug-likeness (QED) is 0.870. The molecule has 1 aromatic carbocycles. The molecule has 23 heavy (non-hydrogen) atoms. The van der Waals surface area contributed by atoms with Crippen LogP contribution in [0.25, 0.3) is 0 Å². The summed E-state index contributed by atoms with van der Waals surface area (Å²) in [4.78, 5) is 20.4. The van der Waals surface area contributed by atoms with E-state index >= 15 is 0 Å². The Morgan fingerprint density at radius 1 is 1.17 bits per heavy atom. The van der Waals surface area contributed by atoms with E-state index in [9.17, 15) is 13.2 Å². The molecule has 1 aliphatic rings. The molecule has 1 aliphatic heterocycles. The average molecular weight is 332 g/mol. The standard InChI is InChI=1S/C15H16N4O3S/c20-14(18-13-5-8-23(21,22)10-13)11-3-1-4-12(9-11)19-15-16-6-2-7-17-15/h1-4,6-7,9,13H,5,8,10H2,(H,18,20)(H,16,17,19)/t13-/m1/s1. The molecule has 0 unspecified atom stereocenters. The van der Waals surface area contributed by atoms with Gasteiger partial charge in [0, 0.05) is 29.7 Å². The topological polar surface area (TPSA) is 101 Å². The third-order valence-corrected chi connectivity index (χ3v) is 5.28. The molecule has 3 rings (SSSR count). The van der Waals surface area contributed by atoms with Crippen LogP contribution < -0.4 is 10.6 Å². The van der Waals surface area contributed by atoms with Crippen molar-refractivity contribution in [1.82, 2.24) is 15.3 Å². The number of rotatable bonds is 4. The number of carbonyl (C=O) groups is 1. The summed E-state index contributed by atoms with van der Waals surface area (Å²) in [6.45, 7) is 0. The van der Waals surface area contributed by atoms with Crippen LogP contribution in [0, 0.1) is 0 Å². The van der Waals surface area contributed by atoms with E-state index in [0.29, 0.717) is 23.6 Å². The smallest absolute Gasteiger partial charge is 0.251 e. The van der Waals surface area contributed by atoms with Gasteiger partial charge in [-0.25, -0.2) is 18.4 Å². The van der Waals surface area contributed by atoms with Crippen LogP contribution in [0.2, 0.25) is 0 Å². The van der Waals surface area contributed by atoms with E-state index in [1.54, 1.807) is 42.7 Å². The Labute approximate surface area is 134 Å². The molecule has 0 bridgehead atoms. The Morgan fingerprint density at radius 3 is 2.65 bits per heavy atom. The Bertz CT molecular complexity index is 808. The van der Waals surface area contributed by atoms with Gasteiger partial charge in [0.05, 0.1) is 11.5 Å². The predicted molar refractivity (Wildman–Crippen MR) is 86.3 cm³/mol. The first-order valence-electron chi connectivity index (χ1n) is 7.17. The van der Waals surface area contributed by atoms with Crippen molar-refractivity contribution in [1.29, 1.82) is 0 Å². The summed E-state index contributed by atoms with van der Waals surface area (Å²) in [7, 11) is -3.02. The van der Waals surface area contributed by atoms with Gasteiger partial charge in [-0.3, -0.25) is 4.79 Å². The van der Waals surface area contributed by atoms with Crippen LogP contribution in [-0.2, 0) is 9.84 Å². The Balaban J connectivity index is 1.68. The summed E-state index contributed by atoms with van der Waals surface area (Å²) in [5.74, 6) is 0.288. The number of carbonyl (C=O) groups excluding carboxylic acids is 1. The maximum Gasteiger partial charge on any atom is 0.251 e. The molecule has 1 fully saturated rings. The van der Waals surface area contributed by atoms with Gasteiger partial charge < -0.3 is 10.6 Å².